The molecule has 5 rings (SSSR count). The Morgan fingerprint density at radius 3 is 2.36 bits per heavy atom. The summed E-state index contributed by atoms with van der Waals surface area (Å²) in [5, 5.41) is 6.74. The zero-order valence-electron chi connectivity index (χ0n) is 19.9. The molecule has 10 heteroatoms. The lowest BCUT2D eigenvalue weighted by Gasteiger charge is -2.38. The number of hydrogen-bond donors (Lipinski definition) is 2. The van der Waals surface area contributed by atoms with Crippen LogP contribution in [-0.2, 0) is 4.79 Å². The lowest BCUT2D eigenvalue weighted by molar-refractivity contribution is -0.134. The third-order valence-corrected chi connectivity index (χ3v) is 7.36. The minimum absolute atomic E-state index is 0.0130. The molecule has 0 bridgehead atoms. The van der Waals surface area contributed by atoms with Gasteiger partial charge in [0.15, 0.2) is 16.6 Å². The third-order valence-electron chi connectivity index (χ3n) is 7.00. The summed E-state index contributed by atoms with van der Waals surface area (Å²) in [5.41, 5.74) is 1.15. The van der Waals surface area contributed by atoms with Crippen molar-refractivity contribution in [3.05, 3.63) is 53.8 Å². The summed E-state index contributed by atoms with van der Waals surface area (Å²) >= 11 is 5.56. The van der Waals surface area contributed by atoms with Crippen molar-refractivity contribution in [1.82, 2.24) is 15.1 Å². The number of nitrogens with zero attached hydrogens (tertiary/aromatic N) is 2. The Morgan fingerprint density at radius 2 is 1.64 bits per heavy atom. The van der Waals surface area contributed by atoms with Gasteiger partial charge in [0.05, 0.1) is 0 Å². The molecule has 3 heterocycles. The maximum absolute atomic E-state index is 13.5. The van der Waals surface area contributed by atoms with Crippen molar-refractivity contribution in [2.75, 3.05) is 38.3 Å². The molecule has 0 radical (unpaired) electrons. The molecule has 3 aliphatic rings. The Morgan fingerprint density at radius 1 is 0.944 bits per heavy atom. The Balaban J connectivity index is 1.24. The molecule has 2 aromatic carbocycles. The summed E-state index contributed by atoms with van der Waals surface area (Å²) in [7, 11) is 0. The minimum atomic E-state index is -0.609. The van der Waals surface area contributed by atoms with Crippen molar-refractivity contribution in [1.29, 1.82) is 0 Å². The molecule has 2 saturated heterocycles. The first kappa shape index (κ1) is 24.3. The van der Waals surface area contributed by atoms with E-state index in [4.69, 9.17) is 21.7 Å². The molecule has 0 aliphatic carbocycles. The molecule has 0 unspecified atom stereocenters. The Labute approximate surface area is 214 Å². The van der Waals surface area contributed by atoms with Gasteiger partial charge in [-0.15, -0.1) is 0 Å². The Bertz CT molecular complexity index is 1130. The summed E-state index contributed by atoms with van der Waals surface area (Å²) in [5.74, 6) is 0.493. The van der Waals surface area contributed by atoms with Crippen LogP contribution in [0.1, 0.15) is 36.0 Å². The van der Waals surface area contributed by atoms with E-state index in [1.165, 1.54) is 12.1 Å². The van der Waals surface area contributed by atoms with E-state index in [9.17, 15) is 14.0 Å². The van der Waals surface area contributed by atoms with Crippen molar-refractivity contribution in [2.24, 2.45) is 5.92 Å². The molecule has 2 fully saturated rings. The van der Waals surface area contributed by atoms with E-state index in [0.717, 1.165) is 31.6 Å². The SMILES string of the molecule is O=C(N[C@H](C(=O)N1CCCC1)C1CCN(C(=S)Nc2ccc(F)cc2)CC1)c1ccc2c(c1)OCO2. The number of benzene rings is 2. The second-order valence-corrected chi connectivity index (χ2v) is 9.70. The number of rotatable bonds is 5. The normalized spacial score (nSPS) is 18.1. The average molecular weight is 513 g/mol. The quantitative estimate of drug-likeness (QED) is 0.595. The van der Waals surface area contributed by atoms with Gasteiger partial charge in [0.1, 0.15) is 11.9 Å². The molecule has 2 N–H and O–H groups in total. The molecule has 36 heavy (non-hydrogen) atoms. The van der Waals surface area contributed by atoms with Crippen molar-refractivity contribution in [2.45, 2.75) is 31.7 Å². The summed E-state index contributed by atoms with van der Waals surface area (Å²) in [4.78, 5) is 30.5. The zero-order valence-corrected chi connectivity index (χ0v) is 20.7. The van der Waals surface area contributed by atoms with Crippen molar-refractivity contribution in [3.63, 3.8) is 0 Å². The number of carbonyl (C=O) groups is 2. The highest BCUT2D eigenvalue weighted by Gasteiger charge is 2.36. The summed E-state index contributed by atoms with van der Waals surface area (Å²) in [6, 6.07) is 10.5. The maximum atomic E-state index is 13.5. The van der Waals surface area contributed by atoms with E-state index in [0.29, 0.717) is 48.1 Å². The molecule has 2 aromatic rings. The second kappa shape index (κ2) is 10.7. The van der Waals surface area contributed by atoms with Crippen LogP contribution in [0, 0.1) is 11.7 Å². The lowest BCUT2D eigenvalue weighted by Crippen LogP contribution is -2.54. The molecule has 3 aliphatic heterocycles. The fourth-order valence-corrected chi connectivity index (χ4v) is 5.25. The number of anilines is 1. The van der Waals surface area contributed by atoms with Crippen LogP contribution in [0.4, 0.5) is 10.1 Å². The number of thiocarbonyl (C=S) groups is 1. The van der Waals surface area contributed by atoms with Crippen LogP contribution in [0.25, 0.3) is 0 Å². The van der Waals surface area contributed by atoms with E-state index in [2.05, 4.69) is 10.6 Å². The average Bonchev–Trinajstić information content (AvgIpc) is 3.60. The maximum Gasteiger partial charge on any atom is 0.252 e. The van der Waals surface area contributed by atoms with Crippen LogP contribution in [0.5, 0.6) is 11.5 Å². The first-order chi connectivity index (χ1) is 17.5. The third kappa shape index (κ3) is 5.38. The van der Waals surface area contributed by atoms with Crippen LogP contribution >= 0.6 is 12.2 Å². The molecule has 0 saturated carbocycles. The van der Waals surface area contributed by atoms with Gasteiger partial charge in [0, 0.05) is 37.4 Å². The van der Waals surface area contributed by atoms with E-state index < -0.39 is 6.04 Å². The van der Waals surface area contributed by atoms with Gasteiger partial charge in [0.2, 0.25) is 12.7 Å². The lowest BCUT2D eigenvalue weighted by atomic mass is 9.88. The van der Waals surface area contributed by atoms with Gasteiger partial charge >= 0.3 is 0 Å². The van der Waals surface area contributed by atoms with Gasteiger partial charge in [-0.25, -0.2) is 4.39 Å². The largest absolute Gasteiger partial charge is 0.454 e. The highest BCUT2D eigenvalue weighted by molar-refractivity contribution is 7.80. The molecular weight excluding hydrogens is 483 g/mol. The fourth-order valence-electron chi connectivity index (χ4n) is 4.95. The number of hydrogen-bond acceptors (Lipinski definition) is 5. The summed E-state index contributed by atoms with van der Waals surface area (Å²) in [6.07, 6.45) is 3.38. The molecule has 0 spiro atoms. The number of ether oxygens (including phenoxy) is 2. The number of nitrogens with one attached hydrogen (secondary N) is 2. The molecule has 1 atom stereocenters. The number of likely N-dealkylation sites (tertiary alicyclic amines) is 2. The minimum Gasteiger partial charge on any atom is -0.454 e. The van der Waals surface area contributed by atoms with Crippen molar-refractivity contribution >= 4 is 34.8 Å². The predicted octanol–water partition coefficient (Wildman–Crippen LogP) is 3.38. The van der Waals surface area contributed by atoms with E-state index >= 15 is 0 Å². The number of halogens is 1. The first-order valence-electron chi connectivity index (χ1n) is 12.3. The van der Waals surface area contributed by atoms with Crippen LogP contribution in [0.15, 0.2) is 42.5 Å². The van der Waals surface area contributed by atoms with Gasteiger partial charge in [-0.3, -0.25) is 9.59 Å². The van der Waals surface area contributed by atoms with Gasteiger partial charge in [0.25, 0.3) is 5.91 Å². The molecule has 8 nitrogen and oxygen atoms in total. The highest BCUT2D eigenvalue weighted by Crippen LogP contribution is 2.33. The Kier molecular flexibility index (Phi) is 7.22. The van der Waals surface area contributed by atoms with Crippen LogP contribution in [-0.4, -0.2) is 65.7 Å². The summed E-state index contributed by atoms with van der Waals surface area (Å²) < 4.78 is 23.9. The van der Waals surface area contributed by atoms with E-state index in [1.54, 1.807) is 30.3 Å². The number of carbonyl (C=O) groups excluding carboxylic acids is 2. The molecule has 0 aromatic heterocycles. The molecular formula is C26H29FN4O4S. The molecule has 2 amide bonds. The topological polar surface area (TPSA) is 83.1 Å². The highest BCUT2D eigenvalue weighted by atomic mass is 32.1. The summed E-state index contributed by atoms with van der Waals surface area (Å²) in [6.45, 7) is 2.88. The van der Waals surface area contributed by atoms with Gasteiger partial charge in [-0.05, 0) is 86.3 Å². The van der Waals surface area contributed by atoms with Crippen LogP contribution in [0.2, 0.25) is 0 Å². The number of fused-ring (bicyclic) bond motifs is 1. The van der Waals surface area contributed by atoms with Crippen molar-refractivity contribution in [3.8, 4) is 11.5 Å². The number of amides is 2. The first-order valence-corrected chi connectivity index (χ1v) is 12.7. The fraction of sp³-hybridized carbons (Fsp3) is 0.423. The van der Waals surface area contributed by atoms with Crippen LogP contribution < -0.4 is 20.1 Å². The van der Waals surface area contributed by atoms with Crippen molar-refractivity contribution < 1.29 is 23.5 Å². The zero-order chi connectivity index (χ0) is 25.1. The van der Waals surface area contributed by atoms with Gasteiger partial charge in [-0.1, -0.05) is 0 Å². The smallest absolute Gasteiger partial charge is 0.252 e. The monoisotopic (exact) mass is 512 g/mol. The second-order valence-electron chi connectivity index (χ2n) is 9.31. The number of piperidine rings is 1. The Hall–Kier alpha value is -3.40. The molecule has 190 valence electrons. The van der Waals surface area contributed by atoms with E-state index in [1.807, 2.05) is 9.80 Å². The van der Waals surface area contributed by atoms with E-state index in [-0.39, 0.29) is 30.3 Å². The van der Waals surface area contributed by atoms with Gasteiger partial charge in [-0.2, -0.15) is 0 Å². The van der Waals surface area contributed by atoms with Crippen LogP contribution in [0.3, 0.4) is 0 Å². The standard InChI is InChI=1S/C26H29FN4O4S/c27-19-4-6-20(7-5-19)28-26(36)31-13-9-17(10-14-31)23(25(33)30-11-1-2-12-30)29-24(32)18-3-8-21-22(15-18)35-16-34-21/h3-8,15,17,23H,1-2,9-14,16H2,(H,28,36)(H,29,32)/t23-/m0/s1. The van der Waals surface area contributed by atoms with Gasteiger partial charge < -0.3 is 29.9 Å². The predicted molar refractivity (Wildman–Crippen MR) is 137 cm³/mol.